The molecule has 6 nitrogen and oxygen atoms in total. The van der Waals surface area contributed by atoms with Crippen LogP contribution in [-0.2, 0) is 0 Å². The van der Waals surface area contributed by atoms with Crippen molar-refractivity contribution in [2.75, 3.05) is 18.0 Å². The molecule has 0 spiro atoms. The van der Waals surface area contributed by atoms with Gasteiger partial charge in [0.25, 0.3) is 0 Å². The van der Waals surface area contributed by atoms with Gasteiger partial charge in [-0.15, -0.1) is 0 Å². The van der Waals surface area contributed by atoms with Crippen LogP contribution in [0, 0.1) is 11.2 Å². The van der Waals surface area contributed by atoms with Gasteiger partial charge in [0.1, 0.15) is 11.4 Å². The fraction of sp³-hybridized carbons (Fsp3) is 0.524. The molecule has 1 atom stereocenters. The second-order valence-electron chi connectivity index (χ2n) is 8.19. The van der Waals surface area contributed by atoms with Crippen molar-refractivity contribution in [2.24, 2.45) is 11.1 Å². The summed E-state index contributed by atoms with van der Waals surface area (Å²) in [5.74, 6) is -1.79. The number of carboxylic acids is 1. The Hall–Kier alpha value is -2.41. The SMILES string of the molecule is CCC1(CC)CN(c2cc3c(cc2F)c(=O)c(C(=O)O)cn3C2CC2)C[C@@H]1N. The van der Waals surface area contributed by atoms with E-state index in [1.807, 2.05) is 9.47 Å². The molecule has 1 aromatic heterocycles. The molecule has 4 rings (SSSR count). The number of hydrogen-bond donors (Lipinski definition) is 2. The molecule has 1 saturated carbocycles. The van der Waals surface area contributed by atoms with Gasteiger partial charge in [0.15, 0.2) is 0 Å². The van der Waals surface area contributed by atoms with Gasteiger partial charge >= 0.3 is 5.97 Å². The van der Waals surface area contributed by atoms with E-state index in [2.05, 4.69) is 13.8 Å². The highest BCUT2D eigenvalue weighted by Crippen LogP contribution is 2.41. The van der Waals surface area contributed by atoms with Crippen molar-refractivity contribution in [2.45, 2.75) is 51.6 Å². The minimum absolute atomic E-state index is 0.0439. The molecule has 2 aliphatic rings. The lowest BCUT2D eigenvalue weighted by molar-refractivity contribution is 0.0695. The zero-order valence-corrected chi connectivity index (χ0v) is 16.2. The number of nitrogens with two attached hydrogens (primary N) is 1. The number of halogens is 1. The van der Waals surface area contributed by atoms with E-state index in [-0.39, 0.29) is 28.4 Å². The van der Waals surface area contributed by atoms with Gasteiger partial charge in [-0.3, -0.25) is 4.79 Å². The van der Waals surface area contributed by atoms with Crippen molar-refractivity contribution in [3.8, 4) is 0 Å². The topological polar surface area (TPSA) is 88.6 Å². The normalized spacial score (nSPS) is 21.4. The number of fused-ring (bicyclic) bond motifs is 1. The van der Waals surface area contributed by atoms with Crippen LogP contribution in [0.15, 0.2) is 23.1 Å². The fourth-order valence-corrected chi connectivity index (χ4v) is 4.58. The highest BCUT2D eigenvalue weighted by molar-refractivity contribution is 5.93. The summed E-state index contributed by atoms with van der Waals surface area (Å²) in [7, 11) is 0. The van der Waals surface area contributed by atoms with E-state index in [4.69, 9.17) is 5.73 Å². The molecule has 1 saturated heterocycles. The number of carboxylic acid groups (broad SMARTS) is 1. The lowest BCUT2D eigenvalue weighted by Gasteiger charge is -2.30. The molecule has 2 heterocycles. The minimum Gasteiger partial charge on any atom is -0.477 e. The number of nitrogens with zero attached hydrogens (tertiary/aromatic N) is 2. The second kappa shape index (κ2) is 6.58. The van der Waals surface area contributed by atoms with Crippen molar-refractivity contribution in [3.63, 3.8) is 0 Å². The third-order valence-corrected chi connectivity index (χ3v) is 6.73. The Kier molecular flexibility index (Phi) is 4.45. The van der Waals surface area contributed by atoms with E-state index >= 15 is 4.39 Å². The summed E-state index contributed by atoms with van der Waals surface area (Å²) in [5.41, 5.74) is 6.43. The van der Waals surface area contributed by atoms with E-state index in [0.717, 1.165) is 25.7 Å². The first-order valence-corrected chi connectivity index (χ1v) is 9.93. The molecule has 0 unspecified atom stereocenters. The van der Waals surface area contributed by atoms with Crippen molar-refractivity contribution in [1.82, 2.24) is 4.57 Å². The third-order valence-electron chi connectivity index (χ3n) is 6.73. The number of carbonyl (C=O) groups is 1. The monoisotopic (exact) mass is 387 g/mol. The maximum Gasteiger partial charge on any atom is 0.341 e. The van der Waals surface area contributed by atoms with Crippen LogP contribution >= 0.6 is 0 Å². The molecule has 3 N–H and O–H groups in total. The molecular formula is C21H26FN3O3. The summed E-state index contributed by atoms with van der Waals surface area (Å²) in [5, 5.41) is 9.48. The van der Waals surface area contributed by atoms with Gasteiger partial charge in [-0.1, -0.05) is 13.8 Å². The maximum absolute atomic E-state index is 15.0. The number of aromatic carboxylic acids is 1. The predicted octanol–water partition coefficient (Wildman–Crippen LogP) is 3.13. The highest BCUT2D eigenvalue weighted by atomic mass is 19.1. The van der Waals surface area contributed by atoms with Gasteiger partial charge in [-0.25, -0.2) is 9.18 Å². The van der Waals surface area contributed by atoms with Crippen molar-refractivity contribution in [3.05, 3.63) is 39.9 Å². The van der Waals surface area contributed by atoms with Crippen molar-refractivity contribution in [1.29, 1.82) is 0 Å². The van der Waals surface area contributed by atoms with Crippen LogP contribution < -0.4 is 16.1 Å². The average Bonchev–Trinajstić information content (AvgIpc) is 3.45. The van der Waals surface area contributed by atoms with E-state index in [1.165, 1.54) is 12.3 Å². The number of rotatable bonds is 5. The molecule has 150 valence electrons. The molecule has 2 aromatic rings. The van der Waals surface area contributed by atoms with E-state index in [1.54, 1.807) is 6.07 Å². The smallest absolute Gasteiger partial charge is 0.341 e. The summed E-state index contributed by atoms with van der Waals surface area (Å²) in [6.45, 7) is 5.46. The zero-order valence-electron chi connectivity index (χ0n) is 16.2. The molecule has 0 radical (unpaired) electrons. The van der Waals surface area contributed by atoms with Crippen LogP contribution in [0.5, 0.6) is 0 Å². The summed E-state index contributed by atoms with van der Waals surface area (Å²) in [6.07, 6.45) is 5.10. The van der Waals surface area contributed by atoms with Gasteiger partial charge in [0, 0.05) is 42.2 Å². The quantitative estimate of drug-likeness (QED) is 0.823. The van der Waals surface area contributed by atoms with Crippen LogP contribution in [0.3, 0.4) is 0 Å². The molecular weight excluding hydrogens is 361 g/mol. The first kappa shape index (κ1) is 18.9. The molecule has 0 amide bonds. The first-order chi connectivity index (χ1) is 13.3. The highest BCUT2D eigenvalue weighted by Gasteiger charge is 2.42. The fourth-order valence-electron chi connectivity index (χ4n) is 4.58. The summed E-state index contributed by atoms with van der Waals surface area (Å²) in [4.78, 5) is 26.0. The molecule has 1 aliphatic carbocycles. The second-order valence-corrected chi connectivity index (χ2v) is 8.19. The number of pyridine rings is 1. The molecule has 2 fully saturated rings. The first-order valence-electron chi connectivity index (χ1n) is 9.93. The van der Waals surface area contributed by atoms with Crippen LogP contribution in [0.1, 0.15) is 55.9 Å². The molecule has 28 heavy (non-hydrogen) atoms. The zero-order chi connectivity index (χ0) is 20.2. The molecule has 0 bridgehead atoms. The minimum atomic E-state index is -1.29. The Labute approximate surface area is 162 Å². The predicted molar refractivity (Wildman–Crippen MR) is 107 cm³/mol. The van der Waals surface area contributed by atoms with Crippen LogP contribution in [0.2, 0.25) is 0 Å². The van der Waals surface area contributed by atoms with E-state index in [9.17, 15) is 14.7 Å². The Morgan fingerprint density at radius 3 is 2.54 bits per heavy atom. The van der Waals surface area contributed by atoms with Gasteiger partial charge < -0.3 is 20.3 Å². The Morgan fingerprint density at radius 2 is 2.00 bits per heavy atom. The van der Waals surface area contributed by atoms with Crippen LogP contribution in [0.4, 0.5) is 10.1 Å². The number of aromatic nitrogens is 1. The Morgan fingerprint density at radius 1 is 1.32 bits per heavy atom. The lowest BCUT2D eigenvalue weighted by atomic mass is 9.78. The molecule has 7 heteroatoms. The van der Waals surface area contributed by atoms with Gasteiger partial charge in [0.05, 0.1) is 11.2 Å². The van der Waals surface area contributed by atoms with Gasteiger partial charge in [-0.2, -0.15) is 0 Å². The lowest BCUT2D eigenvalue weighted by Crippen LogP contribution is -2.39. The number of anilines is 1. The molecule has 1 aliphatic heterocycles. The maximum atomic E-state index is 15.0. The summed E-state index contributed by atoms with van der Waals surface area (Å²) in [6, 6.07) is 3.01. The van der Waals surface area contributed by atoms with Crippen LogP contribution in [0.25, 0.3) is 10.9 Å². The Balaban J connectivity index is 1.87. The van der Waals surface area contributed by atoms with Crippen molar-refractivity contribution >= 4 is 22.6 Å². The van der Waals surface area contributed by atoms with E-state index < -0.39 is 17.2 Å². The standard InChI is InChI=1S/C21H26FN3O3/c1-3-21(4-2)11-24(10-18(21)23)17-8-16-13(7-15(17)22)19(26)14(20(27)28)9-25(16)12-5-6-12/h7-9,12,18H,3-6,10-11,23H2,1-2H3,(H,27,28)/t18-/m0/s1. The Bertz CT molecular complexity index is 1010. The summed E-state index contributed by atoms with van der Waals surface area (Å²) >= 11 is 0. The van der Waals surface area contributed by atoms with Crippen molar-refractivity contribution < 1.29 is 14.3 Å². The third kappa shape index (κ3) is 2.80. The average molecular weight is 387 g/mol. The largest absolute Gasteiger partial charge is 0.477 e. The van der Waals surface area contributed by atoms with Crippen LogP contribution in [-0.4, -0.2) is 34.8 Å². The number of benzene rings is 1. The van der Waals surface area contributed by atoms with Gasteiger partial charge in [-0.05, 0) is 37.8 Å². The van der Waals surface area contributed by atoms with E-state index in [0.29, 0.717) is 24.3 Å². The van der Waals surface area contributed by atoms with Gasteiger partial charge in [0.2, 0.25) is 5.43 Å². The summed E-state index contributed by atoms with van der Waals surface area (Å²) < 4.78 is 16.9. The number of hydrogen-bond acceptors (Lipinski definition) is 4. The molecule has 1 aromatic carbocycles.